The van der Waals surface area contributed by atoms with Gasteiger partial charge in [0.2, 0.25) is 5.82 Å². The van der Waals surface area contributed by atoms with Crippen molar-refractivity contribution in [2.45, 2.75) is 25.0 Å². The van der Waals surface area contributed by atoms with E-state index in [4.69, 9.17) is 15.1 Å². The zero-order valence-electron chi connectivity index (χ0n) is 11.2. The molecule has 0 radical (unpaired) electrons. The second-order valence-corrected chi connectivity index (χ2v) is 7.00. The van der Waals surface area contributed by atoms with Gasteiger partial charge in [-0.2, -0.15) is 0 Å². The predicted molar refractivity (Wildman–Crippen MR) is 78.6 cm³/mol. The fourth-order valence-corrected chi connectivity index (χ4v) is 3.09. The van der Waals surface area contributed by atoms with Gasteiger partial charge < -0.3 is 4.42 Å². The van der Waals surface area contributed by atoms with Crippen molar-refractivity contribution in [1.82, 2.24) is 14.8 Å². The fraction of sp³-hybridized carbons (Fsp3) is 0.231. The number of para-hydroxylation sites is 1. The van der Waals surface area contributed by atoms with Crippen molar-refractivity contribution in [2.24, 2.45) is 0 Å². The second kappa shape index (κ2) is 5.16. The van der Waals surface area contributed by atoms with E-state index >= 15 is 0 Å². The number of fused-ring (bicyclic) bond motifs is 1. The van der Waals surface area contributed by atoms with E-state index in [-0.39, 0.29) is 5.16 Å². The Morgan fingerprint density at radius 2 is 2.05 bits per heavy atom. The Labute approximate surface area is 125 Å². The van der Waals surface area contributed by atoms with Gasteiger partial charge in [-0.25, -0.2) is 8.42 Å². The SMILES string of the molecule is CCCn1c(-c2cc3ccccc3o2)nnc1S(=O)(=O)Cl. The zero-order chi connectivity index (χ0) is 15.0. The van der Waals surface area contributed by atoms with Crippen molar-refractivity contribution in [1.29, 1.82) is 0 Å². The summed E-state index contributed by atoms with van der Waals surface area (Å²) in [5.41, 5.74) is 0.703. The van der Waals surface area contributed by atoms with E-state index in [2.05, 4.69) is 10.2 Å². The van der Waals surface area contributed by atoms with Crippen LogP contribution >= 0.6 is 10.7 Å². The highest BCUT2D eigenvalue weighted by Crippen LogP contribution is 2.28. The smallest absolute Gasteiger partial charge is 0.296 e. The highest BCUT2D eigenvalue weighted by molar-refractivity contribution is 8.13. The maximum atomic E-state index is 11.6. The summed E-state index contributed by atoms with van der Waals surface area (Å²) in [5, 5.41) is 8.26. The number of halogens is 1. The normalized spacial score (nSPS) is 12.1. The number of benzene rings is 1. The van der Waals surface area contributed by atoms with Crippen LogP contribution in [0.25, 0.3) is 22.6 Å². The molecule has 21 heavy (non-hydrogen) atoms. The predicted octanol–water partition coefficient (Wildman–Crippen LogP) is 3.03. The largest absolute Gasteiger partial charge is 0.453 e. The maximum absolute atomic E-state index is 11.6. The van der Waals surface area contributed by atoms with Crippen molar-refractivity contribution in [3.63, 3.8) is 0 Å². The number of hydrogen-bond acceptors (Lipinski definition) is 5. The van der Waals surface area contributed by atoms with Crippen LogP contribution < -0.4 is 0 Å². The molecule has 0 aliphatic heterocycles. The Bertz CT molecular complexity index is 865. The van der Waals surface area contributed by atoms with Gasteiger partial charge in [0.1, 0.15) is 5.58 Å². The van der Waals surface area contributed by atoms with Crippen LogP contribution in [0.4, 0.5) is 0 Å². The molecule has 0 unspecified atom stereocenters. The van der Waals surface area contributed by atoms with E-state index in [1.807, 2.05) is 31.2 Å². The van der Waals surface area contributed by atoms with Crippen LogP contribution in [0.5, 0.6) is 0 Å². The summed E-state index contributed by atoms with van der Waals surface area (Å²) in [6.07, 6.45) is 0.713. The summed E-state index contributed by atoms with van der Waals surface area (Å²) >= 11 is 0. The van der Waals surface area contributed by atoms with Crippen LogP contribution in [0.15, 0.2) is 39.9 Å². The highest BCUT2D eigenvalue weighted by atomic mass is 35.7. The summed E-state index contributed by atoms with van der Waals surface area (Å²) in [6.45, 7) is 2.35. The molecule has 1 aromatic carbocycles. The first kappa shape index (κ1) is 14.1. The third-order valence-corrected chi connectivity index (χ3v) is 4.18. The average Bonchev–Trinajstić information content (AvgIpc) is 3.01. The molecule has 6 nitrogen and oxygen atoms in total. The Kier molecular flexibility index (Phi) is 3.46. The first-order chi connectivity index (χ1) is 10.0. The maximum Gasteiger partial charge on any atom is 0.296 e. The standard InChI is InChI=1S/C13H12ClN3O3S/c1-2-7-17-12(15-16-13(17)21(14,18)19)11-8-9-5-3-4-6-10(9)20-11/h3-6,8H,2,7H2,1H3. The van der Waals surface area contributed by atoms with Gasteiger partial charge in [0, 0.05) is 22.6 Å². The summed E-state index contributed by atoms with van der Waals surface area (Å²) < 4.78 is 30.3. The molecule has 2 aromatic heterocycles. The Hall–Kier alpha value is -1.86. The van der Waals surface area contributed by atoms with Crippen molar-refractivity contribution in [3.8, 4) is 11.6 Å². The summed E-state index contributed by atoms with van der Waals surface area (Å²) in [4.78, 5) is 0. The van der Waals surface area contributed by atoms with E-state index in [0.717, 1.165) is 5.39 Å². The monoisotopic (exact) mass is 325 g/mol. The lowest BCUT2D eigenvalue weighted by atomic mass is 10.2. The minimum absolute atomic E-state index is 0.263. The van der Waals surface area contributed by atoms with E-state index in [9.17, 15) is 8.42 Å². The molecule has 0 atom stereocenters. The molecule has 110 valence electrons. The Morgan fingerprint density at radius 3 is 2.71 bits per heavy atom. The molecule has 8 heteroatoms. The number of aromatic nitrogens is 3. The molecule has 0 saturated heterocycles. The zero-order valence-corrected chi connectivity index (χ0v) is 12.7. The quantitative estimate of drug-likeness (QED) is 0.689. The minimum Gasteiger partial charge on any atom is -0.453 e. The molecular weight excluding hydrogens is 314 g/mol. The molecule has 0 aliphatic carbocycles. The Morgan fingerprint density at radius 1 is 1.29 bits per heavy atom. The first-order valence-electron chi connectivity index (χ1n) is 6.37. The van der Waals surface area contributed by atoms with Gasteiger partial charge in [-0.1, -0.05) is 25.1 Å². The van der Waals surface area contributed by atoms with Gasteiger partial charge in [0.05, 0.1) is 0 Å². The van der Waals surface area contributed by atoms with Gasteiger partial charge in [0.15, 0.2) is 5.76 Å². The van der Waals surface area contributed by atoms with Crippen LogP contribution in [0, 0.1) is 0 Å². The summed E-state index contributed by atoms with van der Waals surface area (Å²) in [6, 6.07) is 9.30. The lowest BCUT2D eigenvalue weighted by molar-refractivity contribution is 0.562. The van der Waals surface area contributed by atoms with Gasteiger partial charge in [-0.15, -0.1) is 10.2 Å². The molecule has 0 N–H and O–H groups in total. The number of nitrogens with zero attached hydrogens (tertiary/aromatic N) is 3. The third kappa shape index (κ3) is 2.54. The third-order valence-electron chi connectivity index (χ3n) is 3.03. The van der Waals surface area contributed by atoms with E-state index in [1.54, 1.807) is 6.07 Å². The van der Waals surface area contributed by atoms with Crippen LogP contribution in [-0.4, -0.2) is 23.2 Å². The van der Waals surface area contributed by atoms with Gasteiger partial charge >= 0.3 is 0 Å². The lowest BCUT2D eigenvalue weighted by Gasteiger charge is -2.04. The van der Waals surface area contributed by atoms with Crippen LogP contribution in [0.2, 0.25) is 0 Å². The first-order valence-corrected chi connectivity index (χ1v) is 8.68. The van der Waals surface area contributed by atoms with Crippen molar-refractivity contribution < 1.29 is 12.8 Å². The molecule has 3 aromatic rings. The molecule has 0 spiro atoms. The molecular formula is C13H12ClN3O3S. The lowest BCUT2D eigenvalue weighted by Crippen LogP contribution is -2.07. The molecule has 0 amide bonds. The van der Waals surface area contributed by atoms with Gasteiger partial charge in [-0.05, 0) is 18.6 Å². The number of furan rings is 1. The van der Waals surface area contributed by atoms with Crippen LogP contribution in [0.3, 0.4) is 0 Å². The van der Waals surface area contributed by atoms with Crippen molar-refractivity contribution >= 4 is 30.7 Å². The number of rotatable bonds is 4. The molecule has 2 heterocycles. The second-order valence-electron chi connectivity index (χ2n) is 4.54. The van der Waals surface area contributed by atoms with E-state index in [0.29, 0.717) is 30.1 Å². The van der Waals surface area contributed by atoms with Crippen molar-refractivity contribution in [3.05, 3.63) is 30.3 Å². The molecule has 0 bridgehead atoms. The highest BCUT2D eigenvalue weighted by Gasteiger charge is 2.24. The van der Waals surface area contributed by atoms with E-state index < -0.39 is 9.05 Å². The topological polar surface area (TPSA) is 78.0 Å². The van der Waals surface area contributed by atoms with Gasteiger partial charge in [-0.3, -0.25) is 4.57 Å². The molecule has 3 rings (SSSR count). The summed E-state index contributed by atoms with van der Waals surface area (Å²) in [5.74, 6) is 0.816. The van der Waals surface area contributed by atoms with Crippen LogP contribution in [0.1, 0.15) is 13.3 Å². The van der Waals surface area contributed by atoms with Crippen molar-refractivity contribution in [2.75, 3.05) is 0 Å². The molecule has 0 fully saturated rings. The van der Waals surface area contributed by atoms with E-state index in [1.165, 1.54) is 4.57 Å². The van der Waals surface area contributed by atoms with Gasteiger partial charge in [0.25, 0.3) is 14.2 Å². The van der Waals surface area contributed by atoms with Crippen LogP contribution in [-0.2, 0) is 15.6 Å². The fourth-order valence-electron chi connectivity index (χ4n) is 2.17. The minimum atomic E-state index is -3.95. The molecule has 0 saturated carbocycles. The molecule has 0 aliphatic rings. The Balaban J connectivity index is 2.20. The number of hydrogen-bond donors (Lipinski definition) is 0. The summed E-state index contributed by atoms with van der Waals surface area (Å²) in [7, 11) is 1.44. The average molecular weight is 326 g/mol.